The number of carbonyl (C=O) groups excluding carboxylic acids is 1. The van der Waals surface area contributed by atoms with Gasteiger partial charge in [0.15, 0.2) is 0 Å². The van der Waals surface area contributed by atoms with Gasteiger partial charge in [0.2, 0.25) is 0 Å². The van der Waals surface area contributed by atoms with Crippen LogP contribution in [0.15, 0.2) is 18.2 Å². The molecule has 19 heavy (non-hydrogen) atoms. The minimum Gasteiger partial charge on any atom is -0.508 e. The normalized spacial score (nSPS) is 20.5. The predicted molar refractivity (Wildman–Crippen MR) is 72.4 cm³/mol. The van der Waals surface area contributed by atoms with Gasteiger partial charge in [0.25, 0.3) is 5.91 Å². The van der Waals surface area contributed by atoms with Crippen molar-refractivity contribution in [2.45, 2.75) is 19.4 Å². The molecule has 0 saturated carbocycles. The molecule has 0 bridgehead atoms. The molecule has 5 nitrogen and oxygen atoms in total. The summed E-state index contributed by atoms with van der Waals surface area (Å²) in [6.45, 7) is 4.30. The van der Waals surface area contributed by atoms with Crippen LogP contribution >= 0.6 is 0 Å². The first-order valence-electron chi connectivity index (χ1n) is 6.53. The van der Waals surface area contributed by atoms with Gasteiger partial charge in [-0.3, -0.25) is 9.69 Å². The first-order valence-corrected chi connectivity index (χ1v) is 6.53. The van der Waals surface area contributed by atoms with Crippen molar-refractivity contribution in [1.29, 1.82) is 0 Å². The van der Waals surface area contributed by atoms with E-state index in [1.807, 2.05) is 0 Å². The second-order valence-corrected chi connectivity index (χ2v) is 5.03. The molecule has 0 aliphatic carbocycles. The molecular formula is C14H20N2O3. The van der Waals surface area contributed by atoms with Crippen molar-refractivity contribution >= 4 is 5.91 Å². The van der Waals surface area contributed by atoms with Crippen LogP contribution < -0.4 is 0 Å². The molecule has 0 aromatic heterocycles. The molecule has 1 aromatic rings. The molecule has 1 atom stereocenters. The number of hydrogen-bond donors (Lipinski definition) is 2. The number of phenols is 2. The van der Waals surface area contributed by atoms with Crippen LogP contribution in [0.5, 0.6) is 11.5 Å². The van der Waals surface area contributed by atoms with E-state index in [2.05, 4.69) is 18.9 Å². The van der Waals surface area contributed by atoms with Gasteiger partial charge in [-0.1, -0.05) is 6.92 Å². The third-order valence-electron chi connectivity index (χ3n) is 3.69. The summed E-state index contributed by atoms with van der Waals surface area (Å²) in [5.74, 6) is -0.327. The van der Waals surface area contributed by atoms with Crippen LogP contribution in [0.3, 0.4) is 0 Å². The summed E-state index contributed by atoms with van der Waals surface area (Å²) in [6, 6.07) is 4.36. The Morgan fingerprint density at radius 1 is 1.26 bits per heavy atom. The minimum atomic E-state index is -0.141. The number of piperazine rings is 1. The Morgan fingerprint density at radius 3 is 2.47 bits per heavy atom. The molecule has 0 radical (unpaired) electrons. The molecule has 1 aliphatic heterocycles. The first-order chi connectivity index (χ1) is 9.01. The van der Waals surface area contributed by atoms with Gasteiger partial charge in [-0.2, -0.15) is 0 Å². The van der Waals surface area contributed by atoms with Gasteiger partial charge in [0.1, 0.15) is 11.5 Å². The Kier molecular flexibility index (Phi) is 3.95. The van der Waals surface area contributed by atoms with Gasteiger partial charge in [0.05, 0.1) is 0 Å². The highest BCUT2D eigenvalue weighted by molar-refractivity contribution is 5.95. The Hall–Kier alpha value is -1.75. The molecule has 1 unspecified atom stereocenters. The maximum absolute atomic E-state index is 12.4. The number of benzene rings is 1. The molecule has 1 fully saturated rings. The molecular weight excluding hydrogens is 244 g/mol. The fourth-order valence-corrected chi connectivity index (χ4v) is 2.47. The zero-order chi connectivity index (χ0) is 14.0. The number of amides is 1. The Bertz CT molecular complexity index is 456. The summed E-state index contributed by atoms with van der Waals surface area (Å²) in [5.41, 5.74) is 0.330. The molecule has 2 N–H and O–H groups in total. The van der Waals surface area contributed by atoms with Crippen LogP contribution in [-0.2, 0) is 0 Å². The topological polar surface area (TPSA) is 64.0 Å². The molecule has 1 saturated heterocycles. The molecule has 0 spiro atoms. The molecule has 1 aliphatic rings. The number of hydrogen-bond acceptors (Lipinski definition) is 4. The summed E-state index contributed by atoms with van der Waals surface area (Å²) in [7, 11) is 2.07. The zero-order valence-corrected chi connectivity index (χ0v) is 11.3. The standard InChI is InChI=1S/C14H20N2O3/c1-3-11-9-16(5-4-15(11)2)14(19)10-6-12(17)8-13(18)7-10/h6-8,11,17-18H,3-5,9H2,1-2H3. The van der Waals surface area contributed by atoms with Crippen molar-refractivity contribution in [1.82, 2.24) is 9.80 Å². The smallest absolute Gasteiger partial charge is 0.254 e. The maximum Gasteiger partial charge on any atom is 0.254 e. The summed E-state index contributed by atoms with van der Waals surface area (Å²) in [4.78, 5) is 16.4. The van der Waals surface area contributed by atoms with Crippen LogP contribution in [0.2, 0.25) is 0 Å². The molecule has 2 rings (SSSR count). The summed E-state index contributed by atoms with van der Waals surface area (Å²) >= 11 is 0. The minimum absolute atomic E-state index is 0.0930. The first kappa shape index (κ1) is 13.7. The lowest BCUT2D eigenvalue weighted by Gasteiger charge is -2.39. The molecule has 5 heteroatoms. The van der Waals surface area contributed by atoms with Gasteiger partial charge < -0.3 is 15.1 Å². The van der Waals surface area contributed by atoms with E-state index in [4.69, 9.17) is 0 Å². The predicted octanol–water partition coefficient (Wildman–Crippen LogP) is 1.26. The van der Waals surface area contributed by atoms with Crippen LogP contribution in [0.4, 0.5) is 0 Å². The van der Waals surface area contributed by atoms with E-state index in [9.17, 15) is 15.0 Å². The number of rotatable bonds is 2. The molecule has 1 heterocycles. The second kappa shape index (κ2) is 5.48. The fourth-order valence-electron chi connectivity index (χ4n) is 2.47. The van der Waals surface area contributed by atoms with E-state index in [0.717, 1.165) is 13.0 Å². The van der Waals surface area contributed by atoms with E-state index >= 15 is 0 Å². The lowest BCUT2D eigenvalue weighted by molar-refractivity contribution is 0.0541. The van der Waals surface area contributed by atoms with Gasteiger partial charge >= 0.3 is 0 Å². The molecule has 1 aromatic carbocycles. The Labute approximate surface area is 113 Å². The second-order valence-electron chi connectivity index (χ2n) is 5.03. The maximum atomic E-state index is 12.4. The van der Waals surface area contributed by atoms with Crippen molar-refractivity contribution in [2.75, 3.05) is 26.7 Å². The summed E-state index contributed by atoms with van der Waals surface area (Å²) in [5, 5.41) is 18.9. The highest BCUT2D eigenvalue weighted by Gasteiger charge is 2.27. The Balaban J connectivity index is 2.15. The Morgan fingerprint density at radius 2 is 1.89 bits per heavy atom. The number of carbonyl (C=O) groups is 1. The van der Waals surface area contributed by atoms with E-state index in [1.165, 1.54) is 18.2 Å². The third-order valence-corrected chi connectivity index (χ3v) is 3.69. The largest absolute Gasteiger partial charge is 0.508 e. The summed E-state index contributed by atoms with van der Waals surface area (Å²) < 4.78 is 0. The van der Waals surface area contributed by atoms with Gasteiger partial charge in [-0.05, 0) is 25.6 Å². The van der Waals surface area contributed by atoms with Gasteiger partial charge in [-0.25, -0.2) is 0 Å². The van der Waals surface area contributed by atoms with Crippen LogP contribution in [-0.4, -0.2) is 58.6 Å². The van der Waals surface area contributed by atoms with Crippen molar-refractivity contribution in [3.05, 3.63) is 23.8 Å². The van der Waals surface area contributed by atoms with Crippen molar-refractivity contribution in [3.63, 3.8) is 0 Å². The zero-order valence-electron chi connectivity index (χ0n) is 11.3. The van der Waals surface area contributed by atoms with Gasteiger partial charge in [-0.15, -0.1) is 0 Å². The number of nitrogens with zero attached hydrogens (tertiary/aromatic N) is 2. The quantitative estimate of drug-likeness (QED) is 0.844. The lowest BCUT2D eigenvalue weighted by atomic mass is 10.1. The average Bonchev–Trinajstić information content (AvgIpc) is 2.37. The van der Waals surface area contributed by atoms with E-state index in [1.54, 1.807) is 4.90 Å². The monoisotopic (exact) mass is 264 g/mol. The van der Waals surface area contributed by atoms with E-state index in [-0.39, 0.29) is 17.4 Å². The highest BCUT2D eigenvalue weighted by Crippen LogP contribution is 2.22. The number of phenolic OH excluding ortho intramolecular Hbond substituents is 2. The van der Waals surface area contributed by atoms with Gasteiger partial charge in [0, 0.05) is 37.3 Å². The van der Waals surface area contributed by atoms with Crippen molar-refractivity contribution < 1.29 is 15.0 Å². The fraction of sp³-hybridized carbons (Fsp3) is 0.500. The lowest BCUT2D eigenvalue weighted by Crippen LogP contribution is -2.52. The van der Waals surface area contributed by atoms with Crippen molar-refractivity contribution in [3.8, 4) is 11.5 Å². The van der Waals surface area contributed by atoms with E-state index < -0.39 is 0 Å². The summed E-state index contributed by atoms with van der Waals surface area (Å²) in [6.07, 6.45) is 0.992. The van der Waals surface area contributed by atoms with Crippen LogP contribution in [0, 0.1) is 0 Å². The number of aromatic hydroxyl groups is 2. The third kappa shape index (κ3) is 2.98. The highest BCUT2D eigenvalue weighted by atomic mass is 16.3. The average molecular weight is 264 g/mol. The van der Waals surface area contributed by atoms with Crippen molar-refractivity contribution in [2.24, 2.45) is 0 Å². The number of likely N-dealkylation sites (N-methyl/N-ethyl adjacent to an activating group) is 1. The van der Waals surface area contributed by atoms with Crippen LogP contribution in [0.25, 0.3) is 0 Å². The SMILES string of the molecule is CCC1CN(C(=O)c2cc(O)cc(O)c2)CCN1C. The van der Waals surface area contributed by atoms with E-state index in [0.29, 0.717) is 24.7 Å². The van der Waals surface area contributed by atoms with Crippen LogP contribution in [0.1, 0.15) is 23.7 Å². The molecule has 104 valence electrons. The molecule has 1 amide bonds.